The minimum atomic E-state index is -3.53. The Kier molecular flexibility index (Phi) is 3.59. The van der Waals surface area contributed by atoms with Gasteiger partial charge < -0.3 is 5.73 Å². The van der Waals surface area contributed by atoms with Crippen molar-refractivity contribution < 1.29 is 8.42 Å². The molecule has 0 aliphatic rings. The van der Waals surface area contributed by atoms with Crippen molar-refractivity contribution in [1.82, 2.24) is 14.5 Å². The zero-order chi connectivity index (χ0) is 13.3. The van der Waals surface area contributed by atoms with Gasteiger partial charge in [-0.1, -0.05) is 0 Å². The number of rotatable bonds is 3. The number of sulfonamides is 1. The number of hydrogen-bond donors (Lipinski definition) is 2. The summed E-state index contributed by atoms with van der Waals surface area (Å²) in [5, 5.41) is 4.13. The maximum Gasteiger partial charge on any atom is 0.242 e. The number of nitrogens with one attached hydrogen (secondary N) is 1. The van der Waals surface area contributed by atoms with Crippen LogP contribution in [-0.4, -0.2) is 25.2 Å². The Balaban J connectivity index is 2.49. The van der Waals surface area contributed by atoms with E-state index in [9.17, 15) is 8.42 Å². The number of benzene rings is 1. The Morgan fingerprint density at radius 3 is 2.67 bits per heavy atom. The monoisotopic (exact) mass is 378 g/mol. The van der Waals surface area contributed by atoms with Crippen LogP contribution in [0.2, 0.25) is 0 Å². The first kappa shape index (κ1) is 13.3. The molecule has 0 saturated heterocycles. The third-order valence-electron chi connectivity index (χ3n) is 2.37. The SMILES string of the molecule is CNS(=O)(=O)c1ccc(-n2cc(I)cn2)cc1N. The predicted molar refractivity (Wildman–Crippen MR) is 76.9 cm³/mol. The third kappa shape index (κ3) is 2.49. The number of nitrogen functional groups attached to an aromatic ring is 1. The van der Waals surface area contributed by atoms with Gasteiger partial charge in [0, 0.05) is 6.20 Å². The molecule has 96 valence electrons. The van der Waals surface area contributed by atoms with E-state index in [0.717, 1.165) is 3.57 Å². The third-order valence-corrected chi connectivity index (χ3v) is 4.41. The smallest absolute Gasteiger partial charge is 0.242 e. The Morgan fingerprint density at radius 2 is 2.17 bits per heavy atom. The molecule has 0 amide bonds. The number of nitrogens with zero attached hydrogens (tertiary/aromatic N) is 2. The first-order chi connectivity index (χ1) is 8.44. The van der Waals surface area contributed by atoms with Crippen LogP contribution in [0.3, 0.4) is 0 Å². The van der Waals surface area contributed by atoms with Crippen LogP contribution < -0.4 is 10.5 Å². The zero-order valence-electron chi connectivity index (χ0n) is 9.46. The lowest BCUT2D eigenvalue weighted by molar-refractivity contribution is 0.588. The van der Waals surface area contributed by atoms with Crippen molar-refractivity contribution in [2.24, 2.45) is 0 Å². The summed E-state index contributed by atoms with van der Waals surface area (Å²) < 4.78 is 28.2. The molecule has 1 aromatic heterocycles. The molecule has 18 heavy (non-hydrogen) atoms. The van der Waals surface area contributed by atoms with E-state index >= 15 is 0 Å². The number of halogens is 1. The van der Waals surface area contributed by atoms with Crippen molar-refractivity contribution in [1.29, 1.82) is 0 Å². The fraction of sp³-hybridized carbons (Fsp3) is 0.100. The van der Waals surface area contributed by atoms with Crippen molar-refractivity contribution in [3.05, 3.63) is 34.2 Å². The first-order valence-corrected chi connectivity index (χ1v) is 7.54. The van der Waals surface area contributed by atoms with Crippen LogP contribution in [-0.2, 0) is 10.0 Å². The summed E-state index contributed by atoms with van der Waals surface area (Å²) in [7, 11) is -2.18. The fourth-order valence-electron chi connectivity index (χ4n) is 1.48. The molecule has 2 aromatic rings. The maximum absolute atomic E-state index is 11.7. The fourth-order valence-corrected chi connectivity index (χ4v) is 2.70. The summed E-state index contributed by atoms with van der Waals surface area (Å²) in [6, 6.07) is 4.70. The Bertz CT molecular complexity index is 681. The van der Waals surface area contributed by atoms with E-state index < -0.39 is 10.0 Å². The van der Waals surface area contributed by atoms with Crippen LogP contribution in [0.25, 0.3) is 5.69 Å². The van der Waals surface area contributed by atoms with Crippen molar-refractivity contribution in [2.45, 2.75) is 4.90 Å². The lowest BCUT2D eigenvalue weighted by Gasteiger charge is -2.08. The number of anilines is 1. The van der Waals surface area contributed by atoms with E-state index in [1.807, 2.05) is 6.20 Å². The molecule has 8 heteroatoms. The van der Waals surface area contributed by atoms with Gasteiger partial charge in [-0.2, -0.15) is 5.10 Å². The summed E-state index contributed by atoms with van der Waals surface area (Å²) in [5.41, 5.74) is 6.67. The summed E-state index contributed by atoms with van der Waals surface area (Å²) in [5.74, 6) is 0. The van der Waals surface area contributed by atoms with E-state index in [0.29, 0.717) is 5.69 Å². The van der Waals surface area contributed by atoms with Crippen molar-refractivity contribution in [3.63, 3.8) is 0 Å². The second kappa shape index (κ2) is 4.86. The van der Waals surface area contributed by atoms with Gasteiger partial charge in [0.05, 0.1) is 21.1 Å². The van der Waals surface area contributed by atoms with Gasteiger partial charge in [-0.25, -0.2) is 17.8 Å². The highest BCUT2D eigenvalue weighted by Gasteiger charge is 2.15. The molecule has 0 atom stereocenters. The highest BCUT2D eigenvalue weighted by Crippen LogP contribution is 2.21. The Labute approximate surface area is 118 Å². The molecule has 0 unspecified atom stereocenters. The van der Waals surface area contributed by atoms with E-state index in [-0.39, 0.29) is 10.6 Å². The van der Waals surface area contributed by atoms with E-state index in [1.165, 1.54) is 13.1 Å². The summed E-state index contributed by atoms with van der Waals surface area (Å²) in [6.07, 6.45) is 3.52. The molecule has 0 saturated carbocycles. The minimum Gasteiger partial charge on any atom is -0.398 e. The van der Waals surface area contributed by atoms with Gasteiger partial charge in [0.1, 0.15) is 4.90 Å². The normalized spacial score (nSPS) is 11.7. The molecule has 1 heterocycles. The van der Waals surface area contributed by atoms with Gasteiger partial charge >= 0.3 is 0 Å². The van der Waals surface area contributed by atoms with Crippen molar-refractivity contribution >= 4 is 38.3 Å². The Hall–Kier alpha value is -1.13. The van der Waals surface area contributed by atoms with Crippen LogP contribution in [0.1, 0.15) is 0 Å². The zero-order valence-corrected chi connectivity index (χ0v) is 12.4. The van der Waals surface area contributed by atoms with E-state index in [2.05, 4.69) is 32.4 Å². The molecule has 0 radical (unpaired) electrons. The molecule has 0 bridgehead atoms. The summed E-state index contributed by atoms with van der Waals surface area (Å²) in [6.45, 7) is 0. The van der Waals surface area contributed by atoms with Gasteiger partial charge in [-0.3, -0.25) is 0 Å². The van der Waals surface area contributed by atoms with Gasteiger partial charge in [-0.15, -0.1) is 0 Å². The van der Waals surface area contributed by atoms with Crippen LogP contribution in [0.4, 0.5) is 5.69 Å². The molecular weight excluding hydrogens is 367 g/mol. The standard InChI is InChI=1S/C10H11IN4O2S/c1-13-18(16,17)10-3-2-8(4-9(10)12)15-6-7(11)5-14-15/h2-6,13H,12H2,1H3. The first-order valence-electron chi connectivity index (χ1n) is 4.97. The second-order valence-electron chi connectivity index (χ2n) is 3.53. The number of hydrogen-bond acceptors (Lipinski definition) is 4. The number of nitrogens with two attached hydrogens (primary N) is 1. The molecule has 0 aliphatic heterocycles. The number of aromatic nitrogens is 2. The molecule has 0 fully saturated rings. The van der Waals surface area contributed by atoms with Gasteiger partial charge in [0.15, 0.2) is 0 Å². The van der Waals surface area contributed by atoms with Gasteiger partial charge in [0.2, 0.25) is 10.0 Å². The molecule has 0 spiro atoms. The second-order valence-corrected chi connectivity index (χ2v) is 6.63. The average Bonchev–Trinajstić information content (AvgIpc) is 2.75. The predicted octanol–water partition coefficient (Wildman–Crippen LogP) is 0.967. The quantitative estimate of drug-likeness (QED) is 0.615. The minimum absolute atomic E-state index is 0.0654. The van der Waals surface area contributed by atoms with Crippen LogP contribution in [0.5, 0.6) is 0 Å². The molecule has 0 aliphatic carbocycles. The van der Waals surface area contributed by atoms with Crippen LogP contribution >= 0.6 is 22.6 Å². The van der Waals surface area contributed by atoms with E-state index in [4.69, 9.17) is 5.73 Å². The largest absolute Gasteiger partial charge is 0.398 e. The molecule has 2 rings (SSSR count). The molecular formula is C10H11IN4O2S. The highest BCUT2D eigenvalue weighted by molar-refractivity contribution is 14.1. The van der Waals surface area contributed by atoms with Crippen molar-refractivity contribution in [3.8, 4) is 5.69 Å². The summed E-state index contributed by atoms with van der Waals surface area (Å²) in [4.78, 5) is 0.0654. The van der Waals surface area contributed by atoms with Crippen molar-refractivity contribution in [2.75, 3.05) is 12.8 Å². The van der Waals surface area contributed by atoms with E-state index in [1.54, 1.807) is 23.0 Å². The highest BCUT2D eigenvalue weighted by atomic mass is 127. The lowest BCUT2D eigenvalue weighted by Crippen LogP contribution is -2.20. The van der Waals surface area contributed by atoms with Crippen LogP contribution in [0, 0.1) is 3.57 Å². The summed E-state index contributed by atoms with van der Waals surface area (Å²) >= 11 is 2.14. The Morgan fingerprint density at radius 1 is 1.44 bits per heavy atom. The lowest BCUT2D eigenvalue weighted by atomic mass is 10.3. The molecule has 3 N–H and O–H groups in total. The van der Waals surface area contributed by atoms with Crippen LogP contribution in [0.15, 0.2) is 35.5 Å². The maximum atomic E-state index is 11.7. The van der Waals surface area contributed by atoms with Gasteiger partial charge in [0.25, 0.3) is 0 Å². The molecule has 1 aromatic carbocycles. The van der Waals surface area contributed by atoms with Gasteiger partial charge in [-0.05, 0) is 47.8 Å². The average molecular weight is 378 g/mol. The molecule has 6 nitrogen and oxygen atoms in total. The topological polar surface area (TPSA) is 90.0 Å².